The number of anilines is 1. The first-order valence-electron chi connectivity index (χ1n) is 7.84. The molecule has 0 saturated heterocycles. The Hall–Kier alpha value is -2.04. The number of carbonyl (C=O) groups excluding carboxylic acids is 1. The first kappa shape index (κ1) is 18.3. The van der Waals surface area contributed by atoms with Crippen LogP contribution in [0.2, 0.25) is 5.02 Å². The fourth-order valence-electron chi connectivity index (χ4n) is 2.49. The molecule has 3 N–H and O–H groups in total. The Bertz CT molecular complexity index is 693. The van der Waals surface area contributed by atoms with E-state index in [4.69, 9.17) is 11.6 Å². The van der Waals surface area contributed by atoms with Crippen LogP contribution in [-0.2, 0) is 5.41 Å². The standard InChI is InChI=1S/C19H23ClN2O2/c1-19(2,3)15-6-4-5-7-16(15)21-18(24)22-17(12-23)13-8-10-14(20)11-9-13/h4-11,17,23H,12H2,1-3H3,(H2,21,22,24). The summed E-state index contributed by atoms with van der Waals surface area (Å²) in [6, 6.07) is 13.9. The van der Waals surface area contributed by atoms with Gasteiger partial charge >= 0.3 is 6.03 Å². The zero-order valence-corrected chi connectivity index (χ0v) is 14.9. The number of urea groups is 1. The molecule has 0 fully saturated rings. The van der Waals surface area contributed by atoms with Crippen LogP contribution in [0.5, 0.6) is 0 Å². The number of rotatable bonds is 4. The maximum Gasteiger partial charge on any atom is 0.319 e. The third kappa shape index (κ3) is 4.73. The molecule has 5 heteroatoms. The number of para-hydroxylation sites is 1. The van der Waals surface area contributed by atoms with Gasteiger partial charge in [-0.2, -0.15) is 0 Å². The van der Waals surface area contributed by atoms with Crippen LogP contribution in [0.15, 0.2) is 48.5 Å². The Balaban J connectivity index is 2.11. The zero-order valence-electron chi connectivity index (χ0n) is 14.1. The van der Waals surface area contributed by atoms with E-state index in [1.807, 2.05) is 24.3 Å². The molecule has 0 aliphatic carbocycles. The second-order valence-electron chi connectivity index (χ2n) is 6.68. The quantitative estimate of drug-likeness (QED) is 0.763. The summed E-state index contributed by atoms with van der Waals surface area (Å²) in [6.45, 7) is 6.08. The van der Waals surface area contributed by atoms with E-state index in [-0.39, 0.29) is 18.1 Å². The summed E-state index contributed by atoms with van der Waals surface area (Å²) in [5.74, 6) is 0. The Morgan fingerprint density at radius 1 is 1.12 bits per heavy atom. The molecular formula is C19H23ClN2O2. The second kappa shape index (κ2) is 7.69. The Labute approximate surface area is 147 Å². The van der Waals surface area contributed by atoms with Crippen LogP contribution >= 0.6 is 11.6 Å². The fourth-order valence-corrected chi connectivity index (χ4v) is 2.62. The minimum Gasteiger partial charge on any atom is -0.394 e. The van der Waals surface area contributed by atoms with Gasteiger partial charge < -0.3 is 15.7 Å². The van der Waals surface area contributed by atoms with Crippen LogP contribution in [-0.4, -0.2) is 17.7 Å². The van der Waals surface area contributed by atoms with E-state index in [9.17, 15) is 9.90 Å². The van der Waals surface area contributed by atoms with Gasteiger partial charge in [0.05, 0.1) is 12.6 Å². The minimum atomic E-state index is -0.496. The van der Waals surface area contributed by atoms with Crippen LogP contribution in [0.4, 0.5) is 10.5 Å². The zero-order chi connectivity index (χ0) is 17.7. The third-order valence-corrected chi connectivity index (χ3v) is 4.00. The molecule has 2 aromatic carbocycles. The monoisotopic (exact) mass is 346 g/mol. The summed E-state index contributed by atoms with van der Waals surface area (Å²) in [5, 5.41) is 15.8. The Morgan fingerprint density at radius 2 is 1.75 bits per heavy atom. The molecule has 24 heavy (non-hydrogen) atoms. The predicted octanol–water partition coefficient (Wildman–Crippen LogP) is 4.49. The van der Waals surface area contributed by atoms with Gasteiger partial charge in [-0.1, -0.05) is 62.7 Å². The predicted molar refractivity (Wildman–Crippen MR) is 98.6 cm³/mol. The van der Waals surface area contributed by atoms with Crippen molar-refractivity contribution >= 4 is 23.3 Å². The number of aliphatic hydroxyl groups is 1. The molecule has 0 aliphatic heterocycles. The smallest absolute Gasteiger partial charge is 0.319 e. The van der Waals surface area contributed by atoms with Gasteiger partial charge in [0.1, 0.15) is 0 Å². The second-order valence-corrected chi connectivity index (χ2v) is 7.12. The van der Waals surface area contributed by atoms with Crippen molar-refractivity contribution in [1.82, 2.24) is 5.32 Å². The Morgan fingerprint density at radius 3 is 2.33 bits per heavy atom. The van der Waals surface area contributed by atoms with Gasteiger partial charge in [0.2, 0.25) is 0 Å². The van der Waals surface area contributed by atoms with Crippen LogP contribution in [0, 0.1) is 0 Å². The van der Waals surface area contributed by atoms with Gasteiger partial charge in [-0.25, -0.2) is 4.79 Å². The average molecular weight is 347 g/mol. The van der Waals surface area contributed by atoms with Crippen LogP contribution in [0.3, 0.4) is 0 Å². The summed E-state index contributed by atoms with van der Waals surface area (Å²) >= 11 is 5.87. The highest BCUT2D eigenvalue weighted by molar-refractivity contribution is 6.30. The highest BCUT2D eigenvalue weighted by Gasteiger charge is 2.19. The first-order chi connectivity index (χ1) is 11.3. The summed E-state index contributed by atoms with van der Waals surface area (Å²) in [6.07, 6.45) is 0. The molecule has 0 aromatic heterocycles. The highest BCUT2D eigenvalue weighted by atomic mass is 35.5. The maximum absolute atomic E-state index is 12.3. The molecule has 0 radical (unpaired) electrons. The van der Waals surface area contributed by atoms with Gasteiger partial charge in [-0.05, 0) is 34.7 Å². The van der Waals surface area contributed by atoms with Crippen molar-refractivity contribution in [3.8, 4) is 0 Å². The van der Waals surface area contributed by atoms with Crippen LogP contribution in [0.1, 0.15) is 37.9 Å². The van der Waals surface area contributed by atoms with E-state index in [1.54, 1.807) is 24.3 Å². The van der Waals surface area contributed by atoms with Crippen molar-refractivity contribution < 1.29 is 9.90 Å². The average Bonchev–Trinajstić information content (AvgIpc) is 2.53. The third-order valence-electron chi connectivity index (χ3n) is 3.74. The minimum absolute atomic E-state index is 0.0869. The lowest BCUT2D eigenvalue weighted by atomic mass is 9.86. The van der Waals surface area contributed by atoms with Crippen molar-refractivity contribution in [3.63, 3.8) is 0 Å². The molecular weight excluding hydrogens is 324 g/mol. The summed E-state index contributed by atoms with van der Waals surface area (Å²) in [4.78, 5) is 12.3. The highest BCUT2D eigenvalue weighted by Crippen LogP contribution is 2.29. The topological polar surface area (TPSA) is 61.4 Å². The van der Waals surface area contributed by atoms with Crippen LogP contribution < -0.4 is 10.6 Å². The molecule has 1 atom stereocenters. The van der Waals surface area contributed by atoms with Crippen molar-refractivity contribution in [3.05, 3.63) is 64.7 Å². The number of hydrogen-bond acceptors (Lipinski definition) is 2. The van der Waals surface area contributed by atoms with Gasteiger partial charge in [0.15, 0.2) is 0 Å². The van der Waals surface area contributed by atoms with E-state index < -0.39 is 6.04 Å². The number of carbonyl (C=O) groups is 1. The van der Waals surface area contributed by atoms with Crippen molar-refractivity contribution in [2.75, 3.05) is 11.9 Å². The number of aliphatic hydroxyl groups excluding tert-OH is 1. The van der Waals surface area contributed by atoms with E-state index in [0.29, 0.717) is 5.02 Å². The molecule has 0 bridgehead atoms. The molecule has 1 unspecified atom stereocenters. The number of nitrogens with one attached hydrogen (secondary N) is 2. The molecule has 2 amide bonds. The molecule has 0 heterocycles. The molecule has 0 saturated carbocycles. The lowest BCUT2D eigenvalue weighted by molar-refractivity contribution is 0.225. The molecule has 0 spiro atoms. The molecule has 0 aliphatic rings. The molecule has 2 aromatic rings. The van der Waals surface area contributed by atoms with Crippen molar-refractivity contribution in [2.45, 2.75) is 32.2 Å². The van der Waals surface area contributed by atoms with Crippen molar-refractivity contribution in [2.24, 2.45) is 0 Å². The maximum atomic E-state index is 12.3. The van der Waals surface area contributed by atoms with Gasteiger partial charge in [0, 0.05) is 10.7 Å². The molecule has 4 nitrogen and oxygen atoms in total. The summed E-state index contributed by atoms with van der Waals surface area (Å²) in [7, 11) is 0. The van der Waals surface area contributed by atoms with Gasteiger partial charge in [-0.3, -0.25) is 0 Å². The Kier molecular flexibility index (Phi) is 5.86. The van der Waals surface area contributed by atoms with Gasteiger partial charge in [0.25, 0.3) is 0 Å². The lowest BCUT2D eigenvalue weighted by Crippen LogP contribution is -2.35. The van der Waals surface area contributed by atoms with E-state index in [2.05, 4.69) is 31.4 Å². The van der Waals surface area contributed by atoms with Gasteiger partial charge in [-0.15, -0.1) is 0 Å². The normalized spacial score (nSPS) is 12.5. The number of benzene rings is 2. The SMILES string of the molecule is CC(C)(C)c1ccccc1NC(=O)NC(CO)c1ccc(Cl)cc1. The van der Waals surface area contributed by atoms with E-state index >= 15 is 0 Å². The largest absolute Gasteiger partial charge is 0.394 e. The molecule has 2 rings (SSSR count). The van der Waals surface area contributed by atoms with Crippen molar-refractivity contribution in [1.29, 1.82) is 0 Å². The number of hydrogen-bond donors (Lipinski definition) is 3. The fraction of sp³-hybridized carbons (Fsp3) is 0.316. The first-order valence-corrected chi connectivity index (χ1v) is 8.22. The summed E-state index contributed by atoms with van der Waals surface area (Å²) < 4.78 is 0. The summed E-state index contributed by atoms with van der Waals surface area (Å²) in [5.41, 5.74) is 2.51. The lowest BCUT2D eigenvalue weighted by Gasteiger charge is -2.24. The number of amides is 2. The van der Waals surface area contributed by atoms with E-state index in [0.717, 1.165) is 16.8 Å². The van der Waals surface area contributed by atoms with Crippen LogP contribution in [0.25, 0.3) is 0 Å². The molecule has 128 valence electrons. The van der Waals surface area contributed by atoms with E-state index in [1.165, 1.54) is 0 Å². The number of halogens is 1.